The summed E-state index contributed by atoms with van der Waals surface area (Å²) in [5.74, 6) is -0.293. The lowest BCUT2D eigenvalue weighted by Gasteiger charge is -2.13. The molecule has 26 heavy (non-hydrogen) atoms. The molecule has 0 aliphatic heterocycles. The molecule has 0 bridgehead atoms. The molecule has 1 aromatic carbocycles. The van der Waals surface area contributed by atoms with E-state index in [2.05, 4.69) is 15.6 Å². The van der Waals surface area contributed by atoms with Crippen molar-refractivity contribution < 1.29 is 9.53 Å². The number of ether oxygens (including phenoxy) is 1. The lowest BCUT2D eigenvalue weighted by molar-refractivity contribution is 0.0602. The molecule has 2 heterocycles. The Bertz CT molecular complexity index is 960. The Kier molecular flexibility index (Phi) is 4.68. The van der Waals surface area contributed by atoms with E-state index in [0.29, 0.717) is 17.3 Å². The number of hydrogen-bond acceptors (Lipinski definition) is 3. The van der Waals surface area contributed by atoms with Crippen LogP contribution < -0.4 is 0 Å². The molecule has 0 radical (unpaired) electrons. The van der Waals surface area contributed by atoms with Crippen molar-refractivity contribution in [3.63, 3.8) is 0 Å². The van der Waals surface area contributed by atoms with Crippen molar-refractivity contribution in [2.24, 2.45) is 0 Å². The number of carbonyl (C=O) groups excluding carboxylic acids is 1. The number of methoxy groups -OCH3 is 1. The number of benzene rings is 1. The summed E-state index contributed by atoms with van der Waals surface area (Å²) < 4.78 is 7.32. The van der Waals surface area contributed by atoms with Gasteiger partial charge < -0.3 is 9.30 Å². The monoisotopic (exact) mass is 368 g/mol. The van der Waals surface area contributed by atoms with Gasteiger partial charge in [-0.05, 0) is 48.9 Å². The Morgan fingerprint density at radius 3 is 2.81 bits per heavy atom. The molecule has 4 rings (SSSR count). The molecule has 0 fully saturated rings. The topological polar surface area (TPSA) is 44.1 Å². The molecule has 1 aliphatic rings. The fraction of sp³-hybridized carbons (Fsp3) is 0.333. The summed E-state index contributed by atoms with van der Waals surface area (Å²) in [5.41, 5.74) is 5.38. The van der Waals surface area contributed by atoms with E-state index in [1.807, 2.05) is 24.3 Å². The Labute approximate surface area is 157 Å². The first-order valence-corrected chi connectivity index (χ1v) is 9.38. The Morgan fingerprint density at radius 1 is 1.19 bits per heavy atom. The zero-order chi connectivity index (χ0) is 18.1. The third-order valence-corrected chi connectivity index (χ3v) is 5.40. The van der Waals surface area contributed by atoms with Crippen LogP contribution in [0.4, 0.5) is 0 Å². The van der Waals surface area contributed by atoms with Gasteiger partial charge in [0.05, 0.1) is 18.2 Å². The molecule has 3 aromatic rings. The lowest BCUT2D eigenvalue weighted by atomic mass is 10.0. The minimum absolute atomic E-state index is 0.293. The number of carbonyl (C=O) groups is 1. The Hall–Kier alpha value is -2.33. The van der Waals surface area contributed by atoms with Gasteiger partial charge in [-0.25, -0.2) is 9.78 Å². The summed E-state index contributed by atoms with van der Waals surface area (Å²) in [6, 6.07) is 9.73. The first-order chi connectivity index (χ1) is 12.7. The van der Waals surface area contributed by atoms with Gasteiger partial charge in [0.15, 0.2) is 0 Å². The smallest absolute Gasteiger partial charge is 0.340 e. The third-order valence-electron chi connectivity index (χ3n) is 5.18. The van der Waals surface area contributed by atoms with Gasteiger partial charge in [0.2, 0.25) is 0 Å². The van der Waals surface area contributed by atoms with Gasteiger partial charge in [-0.1, -0.05) is 36.2 Å². The molecule has 5 heteroatoms. The number of aryl methyl sites for hydroxylation is 1. The van der Waals surface area contributed by atoms with Crippen molar-refractivity contribution in [2.75, 3.05) is 7.11 Å². The van der Waals surface area contributed by atoms with Crippen LogP contribution in [-0.4, -0.2) is 22.6 Å². The highest BCUT2D eigenvalue weighted by atomic mass is 35.5. The number of fused-ring (bicyclic) bond motifs is 3. The van der Waals surface area contributed by atoms with Crippen LogP contribution in [0.15, 0.2) is 36.5 Å². The van der Waals surface area contributed by atoms with Gasteiger partial charge >= 0.3 is 5.97 Å². The normalized spacial score (nSPS) is 14.1. The van der Waals surface area contributed by atoms with Gasteiger partial charge in [-0.15, -0.1) is 0 Å². The number of halogens is 1. The van der Waals surface area contributed by atoms with Gasteiger partial charge in [-0.2, -0.15) is 0 Å². The molecular weight excluding hydrogens is 348 g/mol. The molecule has 134 valence electrons. The summed E-state index contributed by atoms with van der Waals surface area (Å²) in [7, 11) is 1.43. The van der Waals surface area contributed by atoms with E-state index in [1.165, 1.54) is 43.0 Å². The largest absolute Gasteiger partial charge is 0.465 e. The highest BCUT2D eigenvalue weighted by Gasteiger charge is 2.23. The lowest BCUT2D eigenvalue weighted by Crippen LogP contribution is -2.09. The summed E-state index contributed by atoms with van der Waals surface area (Å²) in [5, 5.41) is 1.66. The van der Waals surface area contributed by atoms with Crippen LogP contribution in [0.2, 0.25) is 5.15 Å². The number of rotatable bonds is 3. The molecule has 0 saturated carbocycles. The molecule has 0 atom stereocenters. The number of pyridine rings is 1. The zero-order valence-electron chi connectivity index (χ0n) is 14.8. The maximum Gasteiger partial charge on any atom is 0.340 e. The van der Waals surface area contributed by atoms with E-state index in [0.717, 1.165) is 23.9 Å². The maximum atomic E-state index is 12.4. The highest BCUT2D eigenvalue weighted by molar-refractivity contribution is 6.29. The van der Waals surface area contributed by atoms with E-state index >= 15 is 0 Å². The number of hydrogen-bond donors (Lipinski definition) is 0. The molecular formula is C21H21ClN2O2. The van der Waals surface area contributed by atoms with E-state index in [1.54, 1.807) is 6.20 Å². The van der Waals surface area contributed by atoms with Gasteiger partial charge in [0.1, 0.15) is 5.15 Å². The molecule has 0 amide bonds. The number of aromatic nitrogens is 2. The maximum absolute atomic E-state index is 12.4. The van der Waals surface area contributed by atoms with Crippen molar-refractivity contribution in [2.45, 2.75) is 38.6 Å². The molecule has 2 aromatic heterocycles. The third kappa shape index (κ3) is 2.99. The summed E-state index contributed by atoms with van der Waals surface area (Å²) >= 11 is 5.93. The van der Waals surface area contributed by atoms with E-state index in [-0.39, 0.29) is 5.97 Å². The average molecular weight is 369 g/mol. The molecule has 4 nitrogen and oxygen atoms in total. The van der Waals surface area contributed by atoms with Crippen LogP contribution in [-0.2, 0) is 24.1 Å². The fourth-order valence-corrected chi connectivity index (χ4v) is 4.11. The predicted molar refractivity (Wildman–Crippen MR) is 103 cm³/mol. The standard InChI is InChI=1S/C21H21ClN2O2/c1-26-21(25)17-8-5-7-16-15-6-3-2-4-9-18(15)24(20(16)17)13-14-10-11-19(22)23-12-14/h5,7-8,10-12H,2-4,6,9,13H2,1H3. The van der Waals surface area contributed by atoms with Crippen LogP contribution in [0.3, 0.4) is 0 Å². The van der Waals surface area contributed by atoms with E-state index in [4.69, 9.17) is 16.3 Å². The number of para-hydroxylation sites is 1. The minimum atomic E-state index is -0.293. The summed E-state index contributed by atoms with van der Waals surface area (Å²) in [4.78, 5) is 16.6. The second kappa shape index (κ2) is 7.12. The summed E-state index contributed by atoms with van der Waals surface area (Å²) in [6.45, 7) is 0.671. The Morgan fingerprint density at radius 2 is 2.04 bits per heavy atom. The number of nitrogens with zero attached hydrogens (tertiary/aromatic N) is 2. The van der Waals surface area contributed by atoms with Gasteiger partial charge in [0, 0.05) is 23.8 Å². The van der Waals surface area contributed by atoms with Crippen molar-refractivity contribution in [3.8, 4) is 0 Å². The van der Waals surface area contributed by atoms with Crippen molar-refractivity contribution in [3.05, 3.63) is 64.1 Å². The van der Waals surface area contributed by atoms with Crippen LogP contribution in [0.5, 0.6) is 0 Å². The van der Waals surface area contributed by atoms with Gasteiger partial charge in [-0.3, -0.25) is 0 Å². The van der Waals surface area contributed by atoms with Gasteiger partial charge in [0.25, 0.3) is 0 Å². The second-order valence-corrected chi connectivity index (χ2v) is 7.14. The zero-order valence-corrected chi connectivity index (χ0v) is 15.6. The summed E-state index contributed by atoms with van der Waals surface area (Å²) in [6.07, 6.45) is 7.51. The number of esters is 1. The molecule has 0 unspecified atom stereocenters. The first-order valence-electron chi connectivity index (χ1n) is 9.00. The van der Waals surface area contributed by atoms with Crippen molar-refractivity contribution in [1.82, 2.24) is 9.55 Å². The SMILES string of the molecule is COC(=O)c1cccc2c3c(n(Cc4ccc(Cl)nc4)c12)CCCCC3. The Balaban J connectivity index is 1.94. The molecule has 1 aliphatic carbocycles. The minimum Gasteiger partial charge on any atom is -0.465 e. The van der Waals surface area contributed by atoms with Crippen LogP contribution in [0.1, 0.15) is 46.4 Å². The van der Waals surface area contributed by atoms with E-state index < -0.39 is 0 Å². The van der Waals surface area contributed by atoms with Crippen LogP contribution >= 0.6 is 11.6 Å². The van der Waals surface area contributed by atoms with Crippen molar-refractivity contribution >= 4 is 28.5 Å². The van der Waals surface area contributed by atoms with Crippen molar-refractivity contribution in [1.29, 1.82) is 0 Å². The predicted octanol–water partition coefficient (Wildman–Crippen LogP) is 4.79. The fourth-order valence-electron chi connectivity index (χ4n) is 4.00. The quantitative estimate of drug-likeness (QED) is 0.379. The average Bonchev–Trinajstić information content (AvgIpc) is 2.82. The molecule has 0 spiro atoms. The van der Waals surface area contributed by atoms with E-state index in [9.17, 15) is 4.79 Å². The molecule has 0 saturated heterocycles. The van der Waals surface area contributed by atoms with Crippen LogP contribution in [0, 0.1) is 0 Å². The van der Waals surface area contributed by atoms with Crippen LogP contribution in [0.25, 0.3) is 10.9 Å². The molecule has 0 N–H and O–H groups in total. The second-order valence-electron chi connectivity index (χ2n) is 6.75. The highest BCUT2D eigenvalue weighted by Crippen LogP contribution is 2.34. The first kappa shape index (κ1) is 17.1.